The van der Waals surface area contributed by atoms with E-state index in [4.69, 9.17) is 10.5 Å². The maximum atomic E-state index is 11.9. The van der Waals surface area contributed by atoms with Gasteiger partial charge in [-0.15, -0.1) is 0 Å². The van der Waals surface area contributed by atoms with Crippen LogP contribution >= 0.6 is 23.5 Å². The summed E-state index contributed by atoms with van der Waals surface area (Å²) in [6.07, 6.45) is -3.14. The molecule has 24 heteroatoms. The molecule has 0 saturated carbocycles. The number of aliphatic hydroxyl groups is 2. The van der Waals surface area contributed by atoms with Gasteiger partial charge >= 0.3 is 124 Å². The van der Waals surface area contributed by atoms with Gasteiger partial charge in [0.25, 0.3) is 15.6 Å². The number of anilines is 1. The molecule has 2 rings (SSSR count). The van der Waals surface area contributed by atoms with Crippen molar-refractivity contribution < 1.29 is 180 Å². The molecule has 0 bridgehead atoms. The minimum Gasteiger partial charge on any atom is -0.790 e. The SMILES string of the molecule is Nc1nc(=O)n([C@H]2C[C@H](O)[C@@H](COP(=O)([O-])OP(=O)([O-])OP(=O)([O-])[O-])O2)cc1CO.[Na+].[Na+].[Na+].[Na+]. The van der Waals surface area contributed by atoms with Gasteiger partial charge in [0, 0.05) is 18.2 Å². The van der Waals surface area contributed by atoms with Crippen LogP contribution in [0.3, 0.4) is 0 Å². The molecule has 1 aromatic heterocycles. The first kappa shape index (κ1) is 41.5. The number of aromatic nitrogens is 2. The summed E-state index contributed by atoms with van der Waals surface area (Å²) in [5.74, 6) is -0.230. The minimum atomic E-state index is -6.13. The van der Waals surface area contributed by atoms with Gasteiger partial charge in [0.2, 0.25) is 0 Å². The Hall–Kier alpha value is 2.97. The largest absolute Gasteiger partial charge is 1.00 e. The molecule has 4 N–H and O–H groups in total. The molecule has 1 aliphatic rings. The second-order valence-electron chi connectivity index (χ2n) is 5.73. The number of nitrogens with zero attached hydrogens (tertiary/aromatic N) is 2. The molecular weight excluding hydrogens is 571 g/mol. The molecule has 34 heavy (non-hydrogen) atoms. The monoisotopic (exact) mass is 585 g/mol. The number of nitrogen functional groups attached to an aromatic ring is 1. The Labute approximate surface area is 280 Å². The average molecular weight is 585 g/mol. The van der Waals surface area contributed by atoms with E-state index in [1.807, 2.05) is 0 Å². The van der Waals surface area contributed by atoms with Gasteiger partial charge in [0.05, 0.1) is 27.1 Å². The Morgan fingerprint density at radius 1 is 1.12 bits per heavy atom. The summed E-state index contributed by atoms with van der Waals surface area (Å²) in [7, 11) is -18.0. The zero-order valence-electron chi connectivity index (χ0n) is 18.5. The Bertz CT molecular complexity index is 994. The van der Waals surface area contributed by atoms with E-state index in [0.29, 0.717) is 0 Å². The number of hydrogen-bond acceptors (Lipinski definition) is 16. The first-order chi connectivity index (χ1) is 13.6. The maximum Gasteiger partial charge on any atom is 1.00 e. The topological polar surface area (TPSA) is 282 Å². The molecule has 1 saturated heterocycles. The van der Waals surface area contributed by atoms with Gasteiger partial charge in [-0.3, -0.25) is 18.0 Å². The van der Waals surface area contributed by atoms with Crippen molar-refractivity contribution >= 4 is 29.3 Å². The van der Waals surface area contributed by atoms with E-state index in [0.717, 1.165) is 10.8 Å². The quantitative estimate of drug-likeness (QED) is 0.179. The van der Waals surface area contributed by atoms with Crippen LogP contribution in [0.15, 0.2) is 11.0 Å². The summed E-state index contributed by atoms with van der Waals surface area (Å²) in [6.45, 7) is -1.58. The number of aliphatic hydroxyl groups excluding tert-OH is 2. The Kier molecular flexibility index (Phi) is 20.6. The molecule has 0 aromatic carbocycles. The van der Waals surface area contributed by atoms with Crippen molar-refractivity contribution in [2.24, 2.45) is 0 Å². The molecular formula is C10H14N3Na4O14P3. The standard InChI is InChI=1S/C10H18N3O14P3.4Na/c11-9-5(3-14)2-13(10(16)12-9)8-1-6(15)7(25-8)4-24-29(20,21)27-30(22,23)26-28(17,18)19;;;;/h2,6-8,14-15H,1,3-4H2,(H,20,21)(H,22,23)(H2,11,12,16)(H2,17,18,19);;;;/q;4*+1/p-4/t6-,7+,8+;;;;/m0..../s1. The molecule has 172 valence electrons. The summed E-state index contributed by atoms with van der Waals surface area (Å²) >= 11 is 0. The molecule has 0 spiro atoms. The van der Waals surface area contributed by atoms with Crippen LogP contribution in [0, 0.1) is 0 Å². The van der Waals surface area contributed by atoms with E-state index >= 15 is 0 Å². The predicted molar refractivity (Wildman–Crippen MR) is 84.3 cm³/mol. The Morgan fingerprint density at radius 2 is 1.68 bits per heavy atom. The predicted octanol–water partition coefficient (Wildman–Crippen LogP) is -16.2. The third kappa shape index (κ3) is 13.4. The molecule has 17 nitrogen and oxygen atoms in total. The number of ether oxygens (including phenoxy) is 1. The van der Waals surface area contributed by atoms with Crippen LogP contribution in [0.2, 0.25) is 0 Å². The number of phosphoric ester groups is 1. The molecule has 5 atom stereocenters. The summed E-state index contributed by atoms with van der Waals surface area (Å²) < 4.78 is 49.6. The minimum absolute atomic E-state index is 0. The number of nitrogens with two attached hydrogens (primary N) is 1. The van der Waals surface area contributed by atoms with E-state index in [1.165, 1.54) is 0 Å². The summed E-state index contributed by atoms with van der Waals surface area (Å²) in [5, 5.41) is 19.1. The third-order valence-corrected chi connectivity index (χ3v) is 7.21. The molecule has 1 aliphatic heterocycles. The fourth-order valence-corrected chi connectivity index (χ4v) is 5.20. The number of hydrogen-bond donors (Lipinski definition) is 3. The average Bonchev–Trinajstić information content (AvgIpc) is 2.90. The number of rotatable bonds is 9. The summed E-state index contributed by atoms with van der Waals surface area (Å²) in [6, 6.07) is 0. The second kappa shape index (κ2) is 16.9. The fraction of sp³-hybridized carbons (Fsp3) is 0.600. The first-order valence-corrected chi connectivity index (χ1v) is 12.0. The summed E-state index contributed by atoms with van der Waals surface area (Å²) in [4.78, 5) is 58.5. The van der Waals surface area contributed by atoms with Crippen LogP contribution in [0.25, 0.3) is 0 Å². The van der Waals surface area contributed by atoms with E-state index < -0.39 is 60.8 Å². The van der Waals surface area contributed by atoms with Gasteiger partial charge in [-0.1, -0.05) is 0 Å². The van der Waals surface area contributed by atoms with Crippen LogP contribution < -0.4 is 149 Å². The van der Waals surface area contributed by atoms with Gasteiger partial charge in [-0.25, -0.2) is 9.11 Å². The number of phosphoric acid groups is 3. The van der Waals surface area contributed by atoms with Crippen molar-refractivity contribution in [3.8, 4) is 0 Å². The van der Waals surface area contributed by atoms with E-state index in [2.05, 4.69) is 18.1 Å². The van der Waals surface area contributed by atoms with Crippen LogP contribution in [0.1, 0.15) is 18.2 Å². The molecule has 0 aliphatic carbocycles. The van der Waals surface area contributed by atoms with Gasteiger partial charge in [-0.2, -0.15) is 4.98 Å². The van der Waals surface area contributed by atoms with Crippen LogP contribution in [-0.4, -0.2) is 38.6 Å². The van der Waals surface area contributed by atoms with Crippen LogP contribution in [-0.2, 0) is 38.2 Å². The van der Waals surface area contributed by atoms with Crippen molar-refractivity contribution in [3.63, 3.8) is 0 Å². The van der Waals surface area contributed by atoms with Crippen molar-refractivity contribution in [3.05, 3.63) is 22.2 Å². The molecule has 1 aromatic rings. The van der Waals surface area contributed by atoms with Gasteiger partial charge in [0.15, 0.2) is 0 Å². The van der Waals surface area contributed by atoms with Crippen molar-refractivity contribution in [1.29, 1.82) is 0 Å². The van der Waals surface area contributed by atoms with E-state index in [1.54, 1.807) is 0 Å². The zero-order chi connectivity index (χ0) is 22.9. The normalized spacial score (nSPS) is 23.2. The van der Waals surface area contributed by atoms with Crippen LogP contribution in [0.5, 0.6) is 0 Å². The summed E-state index contributed by atoms with van der Waals surface area (Å²) in [5.41, 5.74) is 4.63. The van der Waals surface area contributed by atoms with Gasteiger partial charge in [0.1, 0.15) is 18.1 Å². The zero-order valence-corrected chi connectivity index (χ0v) is 29.2. The van der Waals surface area contributed by atoms with E-state index in [-0.39, 0.29) is 136 Å². The third-order valence-electron chi connectivity index (χ3n) is 3.54. The van der Waals surface area contributed by atoms with Crippen molar-refractivity contribution in [1.82, 2.24) is 9.55 Å². The Balaban J connectivity index is -0.00000240. The smallest absolute Gasteiger partial charge is 0.790 e. The molecule has 2 unspecified atom stereocenters. The molecule has 0 amide bonds. The Morgan fingerprint density at radius 3 is 2.18 bits per heavy atom. The molecule has 2 heterocycles. The first-order valence-electron chi connectivity index (χ1n) is 7.66. The van der Waals surface area contributed by atoms with Crippen LogP contribution in [0.4, 0.5) is 5.82 Å². The van der Waals surface area contributed by atoms with E-state index in [9.17, 15) is 48.3 Å². The van der Waals surface area contributed by atoms with Crippen molar-refractivity contribution in [2.75, 3.05) is 12.3 Å². The molecule has 0 radical (unpaired) electrons. The molecule has 1 fully saturated rings. The fourth-order valence-electron chi connectivity index (χ4n) is 2.33. The van der Waals surface area contributed by atoms with Gasteiger partial charge < -0.3 is 49.3 Å². The second-order valence-corrected chi connectivity index (χ2v) is 9.98. The van der Waals surface area contributed by atoms with Crippen molar-refractivity contribution in [2.45, 2.75) is 31.5 Å². The van der Waals surface area contributed by atoms with Gasteiger partial charge in [-0.05, 0) is 0 Å². The maximum absolute atomic E-state index is 11.9.